The van der Waals surface area contributed by atoms with E-state index >= 15 is 0 Å². The van der Waals surface area contributed by atoms with Gasteiger partial charge in [-0.3, -0.25) is 4.79 Å². The van der Waals surface area contributed by atoms with Crippen LogP contribution >= 0.6 is 0 Å². The molecule has 2 aromatic carbocycles. The minimum absolute atomic E-state index is 0.0456. The van der Waals surface area contributed by atoms with Crippen LogP contribution in [-0.4, -0.2) is 37.0 Å². The van der Waals surface area contributed by atoms with Gasteiger partial charge in [0.15, 0.2) is 11.6 Å². The van der Waals surface area contributed by atoms with Crippen LogP contribution in [0.25, 0.3) is 0 Å². The van der Waals surface area contributed by atoms with Gasteiger partial charge in [0.25, 0.3) is 0 Å². The number of rotatable bonds is 3. The molecule has 0 unspecified atom stereocenters. The van der Waals surface area contributed by atoms with E-state index in [1.165, 1.54) is 0 Å². The van der Waals surface area contributed by atoms with E-state index in [1.807, 2.05) is 18.2 Å². The molecule has 25 heavy (non-hydrogen) atoms. The molecule has 1 aliphatic heterocycles. The van der Waals surface area contributed by atoms with Gasteiger partial charge in [0.2, 0.25) is 5.91 Å². The first-order chi connectivity index (χ1) is 12.0. The Morgan fingerprint density at radius 1 is 1.00 bits per heavy atom. The zero-order chi connectivity index (χ0) is 18.0. The Labute approximate surface area is 144 Å². The first kappa shape index (κ1) is 17.0. The minimum atomic E-state index is -0.686. The van der Waals surface area contributed by atoms with Crippen LogP contribution in [0.1, 0.15) is 5.56 Å². The van der Waals surface area contributed by atoms with Crippen molar-refractivity contribution in [3.05, 3.63) is 53.6 Å². The summed E-state index contributed by atoms with van der Waals surface area (Å²) < 4.78 is 28.1. The predicted molar refractivity (Wildman–Crippen MR) is 94.1 cm³/mol. The first-order valence-corrected chi connectivity index (χ1v) is 8.06. The molecular formula is C18H20F2N4O. The van der Waals surface area contributed by atoms with E-state index in [-0.39, 0.29) is 23.7 Å². The summed E-state index contributed by atoms with van der Waals surface area (Å²) in [5.41, 5.74) is 12.6. The number of hydrogen-bond acceptors (Lipinski definition) is 4. The molecule has 0 saturated carbocycles. The number of nitrogens with zero attached hydrogens (tertiary/aromatic N) is 2. The van der Waals surface area contributed by atoms with E-state index in [0.29, 0.717) is 31.9 Å². The summed E-state index contributed by atoms with van der Waals surface area (Å²) in [4.78, 5) is 15.7. The normalized spacial score (nSPS) is 14.6. The Hall–Kier alpha value is -2.83. The molecule has 1 heterocycles. The molecule has 0 aliphatic carbocycles. The number of para-hydroxylation sites is 1. The Balaban J connectivity index is 1.64. The van der Waals surface area contributed by atoms with E-state index in [4.69, 9.17) is 11.5 Å². The van der Waals surface area contributed by atoms with Gasteiger partial charge in [-0.05, 0) is 23.8 Å². The summed E-state index contributed by atoms with van der Waals surface area (Å²) >= 11 is 0. The summed E-state index contributed by atoms with van der Waals surface area (Å²) in [5, 5.41) is 0. The van der Waals surface area contributed by atoms with Crippen molar-refractivity contribution in [1.29, 1.82) is 0 Å². The van der Waals surface area contributed by atoms with Crippen molar-refractivity contribution in [3.8, 4) is 0 Å². The summed E-state index contributed by atoms with van der Waals surface area (Å²) in [7, 11) is 0. The van der Waals surface area contributed by atoms with Gasteiger partial charge in [0, 0.05) is 37.6 Å². The van der Waals surface area contributed by atoms with Gasteiger partial charge in [0.05, 0.1) is 6.42 Å². The van der Waals surface area contributed by atoms with Crippen LogP contribution in [-0.2, 0) is 11.2 Å². The fourth-order valence-electron chi connectivity index (χ4n) is 3.04. The third-order valence-corrected chi connectivity index (χ3v) is 4.38. The molecule has 4 N–H and O–H groups in total. The third-order valence-electron chi connectivity index (χ3n) is 4.38. The number of hydrogen-bond donors (Lipinski definition) is 2. The number of halogens is 2. The molecular weight excluding hydrogens is 326 g/mol. The summed E-state index contributed by atoms with van der Waals surface area (Å²) in [6.45, 7) is 1.51. The lowest BCUT2D eigenvalue weighted by atomic mass is 10.1. The average molecular weight is 346 g/mol. The fraction of sp³-hybridized carbons (Fsp3) is 0.278. The van der Waals surface area contributed by atoms with Crippen molar-refractivity contribution in [1.82, 2.24) is 4.90 Å². The Kier molecular flexibility index (Phi) is 4.74. The van der Waals surface area contributed by atoms with Crippen LogP contribution in [0.4, 0.5) is 25.8 Å². The average Bonchev–Trinajstić information content (AvgIpc) is 2.56. The van der Waals surface area contributed by atoms with E-state index in [1.54, 1.807) is 15.9 Å². The maximum Gasteiger partial charge on any atom is 0.227 e. The topological polar surface area (TPSA) is 75.6 Å². The molecule has 132 valence electrons. The molecule has 0 aromatic heterocycles. The lowest BCUT2D eigenvalue weighted by Gasteiger charge is -2.36. The van der Waals surface area contributed by atoms with Gasteiger partial charge in [-0.25, -0.2) is 8.78 Å². The number of benzene rings is 2. The highest BCUT2D eigenvalue weighted by Gasteiger charge is 2.25. The second-order valence-corrected chi connectivity index (χ2v) is 6.08. The van der Waals surface area contributed by atoms with Gasteiger partial charge in [-0.1, -0.05) is 18.2 Å². The molecule has 1 fully saturated rings. The van der Waals surface area contributed by atoms with Crippen molar-refractivity contribution < 1.29 is 13.6 Å². The second kappa shape index (κ2) is 6.96. The van der Waals surface area contributed by atoms with Gasteiger partial charge in [0.1, 0.15) is 5.69 Å². The zero-order valence-electron chi connectivity index (χ0n) is 13.7. The van der Waals surface area contributed by atoms with Crippen LogP contribution < -0.4 is 16.4 Å². The lowest BCUT2D eigenvalue weighted by molar-refractivity contribution is -0.130. The minimum Gasteiger partial charge on any atom is -0.399 e. The standard InChI is InChI=1S/C18H20F2N4O/c19-14-10-13(21)11-15(20)18(14)24-7-5-23(6-8-24)17(25)9-12-3-1-2-4-16(12)22/h1-4,10-11H,5-9,21-22H2. The van der Waals surface area contributed by atoms with Crippen molar-refractivity contribution >= 4 is 23.0 Å². The summed E-state index contributed by atoms with van der Waals surface area (Å²) in [5.74, 6) is -1.42. The van der Waals surface area contributed by atoms with E-state index in [0.717, 1.165) is 17.7 Å². The van der Waals surface area contributed by atoms with Gasteiger partial charge in [-0.2, -0.15) is 0 Å². The highest BCUT2D eigenvalue weighted by molar-refractivity contribution is 5.80. The van der Waals surface area contributed by atoms with Crippen LogP contribution in [0.5, 0.6) is 0 Å². The molecule has 1 amide bonds. The largest absolute Gasteiger partial charge is 0.399 e. The molecule has 0 spiro atoms. The summed E-state index contributed by atoms with van der Waals surface area (Å²) in [6.07, 6.45) is 0.220. The SMILES string of the molecule is Nc1cc(F)c(N2CCN(C(=O)Cc3ccccc3N)CC2)c(F)c1. The quantitative estimate of drug-likeness (QED) is 0.834. The van der Waals surface area contributed by atoms with Crippen LogP contribution in [0.15, 0.2) is 36.4 Å². The molecule has 0 atom stereocenters. The zero-order valence-corrected chi connectivity index (χ0v) is 13.7. The smallest absolute Gasteiger partial charge is 0.227 e. The van der Waals surface area contributed by atoms with Crippen molar-refractivity contribution in [3.63, 3.8) is 0 Å². The molecule has 7 heteroatoms. The van der Waals surface area contributed by atoms with Crippen molar-refractivity contribution in [2.75, 3.05) is 42.5 Å². The van der Waals surface area contributed by atoms with E-state index in [9.17, 15) is 13.6 Å². The van der Waals surface area contributed by atoms with Crippen LogP contribution in [0.2, 0.25) is 0 Å². The number of carbonyl (C=O) groups is 1. The number of amides is 1. The van der Waals surface area contributed by atoms with Gasteiger partial charge >= 0.3 is 0 Å². The molecule has 1 saturated heterocycles. The van der Waals surface area contributed by atoms with Gasteiger partial charge in [-0.15, -0.1) is 0 Å². The Morgan fingerprint density at radius 2 is 1.60 bits per heavy atom. The van der Waals surface area contributed by atoms with E-state index in [2.05, 4.69) is 0 Å². The molecule has 0 radical (unpaired) electrons. The highest BCUT2D eigenvalue weighted by Crippen LogP contribution is 2.27. The number of carbonyl (C=O) groups excluding carboxylic acids is 1. The number of nitrogen functional groups attached to an aromatic ring is 2. The first-order valence-electron chi connectivity index (χ1n) is 8.06. The maximum absolute atomic E-state index is 14.0. The molecule has 3 rings (SSSR count). The lowest BCUT2D eigenvalue weighted by Crippen LogP contribution is -2.49. The number of anilines is 3. The molecule has 5 nitrogen and oxygen atoms in total. The highest BCUT2D eigenvalue weighted by atomic mass is 19.1. The van der Waals surface area contributed by atoms with Crippen LogP contribution in [0.3, 0.4) is 0 Å². The second-order valence-electron chi connectivity index (χ2n) is 6.08. The fourth-order valence-corrected chi connectivity index (χ4v) is 3.04. The molecule has 2 aromatic rings. The summed E-state index contributed by atoms with van der Waals surface area (Å²) in [6, 6.07) is 9.44. The van der Waals surface area contributed by atoms with Crippen molar-refractivity contribution in [2.45, 2.75) is 6.42 Å². The third kappa shape index (κ3) is 3.65. The Morgan fingerprint density at radius 3 is 2.20 bits per heavy atom. The van der Waals surface area contributed by atoms with E-state index < -0.39 is 11.6 Å². The number of piperazine rings is 1. The van der Waals surface area contributed by atoms with Gasteiger partial charge < -0.3 is 21.3 Å². The van der Waals surface area contributed by atoms with Crippen LogP contribution in [0, 0.1) is 11.6 Å². The maximum atomic E-state index is 14.0. The molecule has 1 aliphatic rings. The van der Waals surface area contributed by atoms with Crippen molar-refractivity contribution in [2.24, 2.45) is 0 Å². The number of nitrogens with two attached hydrogens (primary N) is 2. The molecule has 0 bridgehead atoms. The predicted octanol–water partition coefficient (Wildman–Crippen LogP) is 2.02. The monoisotopic (exact) mass is 346 g/mol. The Bertz CT molecular complexity index is 765.